The molecular formula is C20H29N5O3. The number of hydrogen-bond acceptors (Lipinski definition) is 5. The molecule has 1 saturated heterocycles. The van der Waals surface area contributed by atoms with Crippen LogP contribution in [0.3, 0.4) is 0 Å². The number of fused-ring (bicyclic) bond motifs is 1. The molecule has 1 atom stereocenters. The van der Waals surface area contributed by atoms with Crippen molar-refractivity contribution < 1.29 is 14.7 Å². The maximum absolute atomic E-state index is 12.6. The Kier molecular flexibility index (Phi) is 6.00. The number of rotatable bonds is 6. The Labute approximate surface area is 165 Å². The molecule has 0 bridgehead atoms. The van der Waals surface area contributed by atoms with Gasteiger partial charge in [0, 0.05) is 44.8 Å². The fourth-order valence-corrected chi connectivity index (χ4v) is 3.76. The highest BCUT2D eigenvalue weighted by atomic mass is 16.3. The predicted molar refractivity (Wildman–Crippen MR) is 106 cm³/mol. The van der Waals surface area contributed by atoms with Crippen molar-refractivity contribution in [2.75, 3.05) is 40.3 Å². The molecule has 1 aliphatic heterocycles. The van der Waals surface area contributed by atoms with E-state index in [1.54, 1.807) is 30.4 Å². The molecule has 2 amide bonds. The lowest BCUT2D eigenvalue weighted by Crippen LogP contribution is -2.49. The highest BCUT2D eigenvalue weighted by Crippen LogP contribution is 2.23. The predicted octanol–water partition coefficient (Wildman–Crippen LogP) is 0.678. The summed E-state index contributed by atoms with van der Waals surface area (Å²) in [5, 5.41) is 13.4. The van der Waals surface area contributed by atoms with Crippen LogP contribution in [0.25, 0.3) is 5.65 Å². The molecule has 1 unspecified atom stereocenters. The number of aryl methyl sites for hydroxylation is 1. The van der Waals surface area contributed by atoms with E-state index in [4.69, 9.17) is 0 Å². The number of likely N-dealkylation sites (N-methyl/N-ethyl adjacent to an activating group) is 2. The number of aliphatic hydroxyl groups is 1. The van der Waals surface area contributed by atoms with Gasteiger partial charge in [-0.05, 0) is 45.5 Å². The van der Waals surface area contributed by atoms with Crippen molar-refractivity contribution in [3.8, 4) is 0 Å². The SMILES string of the molecule is Cc1cnc2ccc(C(=O)N(C)CCNC(=O)CC3(O)CCCN(C)C3)cn12. The number of hydrogen-bond donors (Lipinski definition) is 2. The molecule has 0 radical (unpaired) electrons. The highest BCUT2D eigenvalue weighted by Gasteiger charge is 2.33. The maximum Gasteiger partial charge on any atom is 0.255 e. The van der Waals surface area contributed by atoms with Crippen molar-refractivity contribution >= 4 is 17.5 Å². The van der Waals surface area contributed by atoms with Crippen molar-refractivity contribution in [2.24, 2.45) is 0 Å². The number of carbonyl (C=O) groups is 2. The van der Waals surface area contributed by atoms with Crippen LogP contribution in [0.5, 0.6) is 0 Å². The lowest BCUT2D eigenvalue weighted by molar-refractivity contribution is -0.128. The van der Waals surface area contributed by atoms with Gasteiger partial charge in [-0.2, -0.15) is 0 Å². The van der Waals surface area contributed by atoms with Crippen molar-refractivity contribution in [2.45, 2.75) is 31.8 Å². The van der Waals surface area contributed by atoms with E-state index in [0.29, 0.717) is 31.6 Å². The van der Waals surface area contributed by atoms with Crippen molar-refractivity contribution in [1.82, 2.24) is 24.5 Å². The quantitative estimate of drug-likeness (QED) is 0.761. The van der Waals surface area contributed by atoms with E-state index < -0.39 is 5.60 Å². The number of β-amino-alcohol motifs (C(OH)–C–C–N with tert-alkyl or cyclic N) is 1. The van der Waals surface area contributed by atoms with Gasteiger partial charge in [-0.1, -0.05) is 0 Å². The number of piperidine rings is 1. The zero-order valence-corrected chi connectivity index (χ0v) is 16.8. The summed E-state index contributed by atoms with van der Waals surface area (Å²) in [6, 6.07) is 3.58. The van der Waals surface area contributed by atoms with E-state index >= 15 is 0 Å². The van der Waals surface area contributed by atoms with Gasteiger partial charge in [0.25, 0.3) is 5.91 Å². The van der Waals surface area contributed by atoms with E-state index in [-0.39, 0.29) is 18.2 Å². The van der Waals surface area contributed by atoms with E-state index in [9.17, 15) is 14.7 Å². The molecule has 3 heterocycles. The minimum atomic E-state index is -0.961. The van der Waals surface area contributed by atoms with Crippen molar-refractivity contribution in [3.63, 3.8) is 0 Å². The third-order valence-electron chi connectivity index (χ3n) is 5.29. The summed E-state index contributed by atoms with van der Waals surface area (Å²) in [4.78, 5) is 32.7. The van der Waals surface area contributed by atoms with E-state index in [1.165, 1.54) is 0 Å². The number of nitrogens with zero attached hydrogens (tertiary/aromatic N) is 4. The molecule has 1 fully saturated rings. The standard InChI is InChI=1S/C20H29N5O3/c1-15-12-22-17-6-5-16(13-25(15)17)19(27)24(3)10-8-21-18(26)11-20(28)7-4-9-23(2)14-20/h5-6,12-13,28H,4,7-11,14H2,1-3H3,(H,21,26). The second-order valence-electron chi connectivity index (χ2n) is 7.86. The van der Waals surface area contributed by atoms with Gasteiger partial charge >= 0.3 is 0 Å². The van der Waals surface area contributed by atoms with Crippen molar-refractivity contribution in [1.29, 1.82) is 0 Å². The summed E-state index contributed by atoms with van der Waals surface area (Å²) in [7, 11) is 3.66. The first-order valence-electron chi connectivity index (χ1n) is 9.64. The Bertz CT molecular complexity index is 865. The summed E-state index contributed by atoms with van der Waals surface area (Å²) < 4.78 is 1.88. The van der Waals surface area contributed by atoms with E-state index in [2.05, 4.69) is 10.3 Å². The molecule has 2 aromatic heterocycles. The molecule has 0 aromatic carbocycles. The van der Waals surface area contributed by atoms with Crippen LogP contribution in [-0.4, -0.2) is 82.0 Å². The fourth-order valence-electron chi connectivity index (χ4n) is 3.76. The van der Waals surface area contributed by atoms with Crippen LogP contribution < -0.4 is 5.32 Å². The van der Waals surface area contributed by atoms with Crippen LogP contribution >= 0.6 is 0 Å². The molecular weight excluding hydrogens is 358 g/mol. The number of amides is 2. The summed E-state index contributed by atoms with van der Waals surface area (Å²) in [5.41, 5.74) is 1.37. The Balaban J connectivity index is 1.49. The summed E-state index contributed by atoms with van der Waals surface area (Å²) >= 11 is 0. The van der Waals surface area contributed by atoms with Gasteiger partial charge in [0.05, 0.1) is 17.6 Å². The molecule has 0 aliphatic carbocycles. The molecule has 1 aliphatic rings. The monoisotopic (exact) mass is 387 g/mol. The third kappa shape index (κ3) is 4.69. The Morgan fingerprint density at radius 3 is 2.93 bits per heavy atom. The molecule has 2 aromatic rings. The van der Waals surface area contributed by atoms with Gasteiger partial charge in [-0.3, -0.25) is 9.59 Å². The number of carbonyl (C=O) groups excluding carboxylic acids is 2. The van der Waals surface area contributed by atoms with Crippen molar-refractivity contribution in [3.05, 3.63) is 35.8 Å². The largest absolute Gasteiger partial charge is 0.388 e. The Morgan fingerprint density at radius 1 is 1.39 bits per heavy atom. The summed E-state index contributed by atoms with van der Waals surface area (Å²) in [5.74, 6) is -0.300. The zero-order chi connectivity index (χ0) is 20.3. The van der Waals surface area contributed by atoms with Crippen LogP contribution in [0, 0.1) is 6.92 Å². The molecule has 152 valence electrons. The van der Waals surface area contributed by atoms with Gasteiger partial charge in [0.1, 0.15) is 5.65 Å². The average Bonchev–Trinajstić information content (AvgIpc) is 3.00. The lowest BCUT2D eigenvalue weighted by atomic mass is 9.89. The second kappa shape index (κ2) is 8.28. The van der Waals surface area contributed by atoms with Crippen LogP contribution in [0.1, 0.15) is 35.3 Å². The van der Waals surface area contributed by atoms with E-state index in [1.807, 2.05) is 29.3 Å². The molecule has 0 saturated carbocycles. The molecule has 8 heteroatoms. The van der Waals surface area contributed by atoms with Gasteiger partial charge in [-0.15, -0.1) is 0 Å². The molecule has 28 heavy (non-hydrogen) atoms. The van der Waals surface area contributed by atoms with Crippen LogP contribution in [0.4, 0.5) is 0 Å². The first-order chi connectivity index (χ1) is 13.3. The smallest absolute Gasteiger partial charge is 0.255 e. The topological polar surface area (TPSA) is 90.2 Å². The van der Waals surface area contributed by atoms with Gasteiger partial charge in [0.15, 0.2) is 0 Å². The lowest BCUT2D eigenvalue weighted by Gasteiger charge is -2.37. The van der Waals surface area contributed by atoms with Gasteiger partial charge in [0.2, 0.25) is 5.91 Å². The molecule has 8 nitrogen and oxygen atoms in total. The molecule has 3 rings (SSSR count). The van der Waals surface area contributed by atoms with Crippen LogP contribution in [-0.2, 0) is 4.79 Å². The summed E-state index contributed by atoms with van der Waals surface area (Å²) in [6.07, 6.45) is 5.16. The first kappa shape index (κ1) is 20.3. The number of imidazole rings is 1. The summed E-state index contributed by atoms with van der Waals surface area (Å²) in [6.45, 7) is 4.13. The zero-order valence-electron chi connectivity index (χ0n) is 16.8. The highest BCUT2D eigenvalue weighted by molar-refractivity contribution is 5.94. The molecule has 2 N–H and O–H groups in total. The van der Waals surface area contributed by atoms with Gasteiger partial charge in [-0.25, -0.2) is 4.98 Å². The third-order valence-corrected chi connectivity index (χ3v) is 5.29. The van der Waals surface area contributed by atoms with Gasteiger partial charge < -0.3 is 24.6 Å². The minimum absolute atomic E-state index is 0.0889. The van der Waals surface area contributed by atoms with Crippen LogP contribution in [0.2, 0.25) is 0 Å². The number of pyridine rings is 1. The van der Waals surface area contributed by atoms with E-state index in [0.717, 1.165) is 24.3 Å². The van der Waals surface area contributed by atoms with Crippen LogP contribution in [0.15, 0.2) is 24.5 Å². The average molecular weight is 387 g/mol. The number of likely N-dealkylation sites (tertiary alicyclic amines) is 1. The fraction of sp³-hybridized carbons (Fsp3) is 0.550. The maximum atomic E-state index is 12.6. The normalized spacial score (nSPS) is 20.3. The number of aromatic nitrogens is 2. The minimum Gasteiger partial charge on any atom is -0.388 e. The molecule has 0 spiro atoms. The Morgan fingerprint density at radius 2 is 2.18 bits per heavy atom. The second-order valence-corrected chi connectivity index (χ2v) is 7.86. The number of nitrogens with one attached hydrogen (secondary N) is 1. The first-order valence-corrected chi connectivity index (χ1v) is 9.64. The Hall–Kier alpha value is -2.45.